The average Bonchev–Trinajstić information content (AvgIpc) is 3.80. The Kier molecular flexibility index (Phi) is 4.50. The van der Waals surface area contributed by atoms with Crippen molar-refractivity contribution in [3.05, 3.63) is 170 Å². The molecule has 46 heavy (non-hydrogen) atoms. The van der Waals surface area contributed by atoms with Crippen molar-refractivity contribution in [2.45, 2.75) is 0 Å². The molecule has 0 unspecified atom stereocenters. The molecule has 7 aromatic carbocycles. The molecule has 2 aromatic heterocycles. The molecule has 0 bridgehead atoms. The van der Waals surface area contributed by atoms with Crippen molar-refractivity contribution < 1.29 is 13.7 Å². The van der Waals surface area contributed by atoms with Crippen LogP contribution in [-0.2, 0) is 0 Å². The number of benzene rings is 7. The van der Waals surface area contributed by atoms with E-state index in [4.69, 9.17) is 13.7 Å². The summed E-state index contributed by atoms with van der Waals surface area (Å²) in [5.74, 6) is 0. The van der Waals surface area contributed by atoms with Gasteiger partial charge in [-0.25, -0.2) is 0 Å². The minimum Gasteiger partial charge on any atom is -0.310 e. The molecule has 0 radical (unpaired) electrons. The Morgan fingerprint density at radius 2 is 1.07 bits per heavy atom. The Balaban J connectivity index is 1.31. The number of thiophene rings is 2. The van der Waals surface area contributed by atoms with Crippen molar-refractivity contribution in [1.82, 2.24) is 0 Å². The lowest BCUT2D eigenvalue weighted by molar-refractivity contribution is 1.29. The van der Waals surface area contributed by atoms with E-state index < -0.39 is 60.4 Å². The van der Waals surface area contributed by atoms with Gasteiger partial charge >= 0.3 is 0 Å². The summed E-state index contributed by atoms with van der Waals surface area (Å²) < 4.78 is 89.7. The summed E-state index contributed by atoms with van der Waals surface area (Å²) in [4.78, 5) is 3.47. The van der Waals surface area contributed by atoms with Gasteiger partial charge in [0.25, 0.3) is 0 Å². The van der Waals surface area contributed by atoms with E-state index >= 15 is 0 Å². The van der Waals surface area contributed by atoms with Crippen LogP contribution in [0.25, 0.3) is 40.3 Å². The maximum absolute atomic E-state index is 8.87. The fourth-order valence-electron chi connectivity index (χ4n) is 6.09. The zero-order valence-corrected chi connectivity index (χ0v) is 25.7. The van der Waals surface area contributed by atoms with Gasteiger partial charge in [-0.15, -0.1) is 22.7 Å². The van der Waals surface area contributed by atoms with Crippen molar-refractivity contribution in [1.29, 1.82) is 0 Å². The van der Waals surface area contributed by atoms with Crippen molar-refractivity contribution in [3.63, 3.8) is 0 Å². The fourth-order valence-corrected chi connectivity index (χ4v) is 8.46. The third-order valence-corrected chi connectivity index (χ3v) is 10.3. The van der Waals surface area contributed by atoms with E-state index in [1.165, 1.54) is 26.3 Å². The van der Waals surface area contributed by atoms with Crippen LogP contribution < -0.4 is 9.80 Å². The number of hydrogen-bond acceptors (Lipinski definition) is 4. The first-order chi connectivity index (χ1) is 27.0. The maximum Gasteiger partial charge on any atom is 0.0645 e. The number of para-hydroxylation sites is 3. The smallest absolute Gasteiger partial charge is 0.0645 e. The second kappa shape index (κ2) is 11.2. The molecule has 4 heteroatoms. The molecule has 0 aliphatic rings. The number of hydrogen-bond donors (Lipinski definition) is 0. The Labute approximate surface area is 289 Å². The second-order valence-electron chi connectivity index (χ2n) is 10.6. The van der Waals surface area contributed by atoms with Crippen molar-refractivity contribution >= 4 is 97.1 Å². The maximum atomic E-state index is 8.87. The molecule has 0 aliphatic carbocycles. The first kappa shape index (κ1) is 18.5. The van der Waals surface area contributed by atoms with Gasteiger partial charge in [0.2, 0.25) is 0 Å². The van der Waals surface area contributed by atoms with Crippen LogP contribution in [0.15, 0.2) is 170 Å². The first-order valence-electron chi connectivity index (χ1n) is 19.6. The lowest BCUT2D eigenvalue weighted by Crippen LogP contribution is -2.10. The van der Waals surface area contributed by atoms with Crippen LogP contribution >= 0.6 is 22.7 Å². The predicted octanol–water partition coefficient (Wildman–Crippen LogP) is 13.4. The number of nitrogens with zero attached hydrogens (tertiary/aromatic N) is 2. The molecule has 0 atom stereocenters. The van der Waals surface area contributed by atoms with E-state index in [-0.39, 0.29) is 17.1 Å². The zero-order valence-electron chi connectivity index (χ0n) is 34.1. The first-order valence-corrected chi connectivity index (χ1v) is 16.3. The van der Waals surface area contributed by atoms with Crippen LogP contribution in [0.3, 0.4) is 0 Å². The normalized spacial score (nSPS) is 14.5. The number of rotatable bonds is 6. The summed E-state index contributed by atoms with van der Waals surface area (Å²) in [7, 11) is 0. The van der Waals surface area contributed by atoms with Crippen LogP contribution in [0, 0.1) is 0 Å². The molecule has 9 aromatic rings. The topological polar surface area (TPSA) is 6.48 Å². The molecule has 0 fully saturated rings. The molecule has 0 amide bonds. The average molecular weight is 635 g/mol. The highest BCUT2D eigenvalue weighted by atomic mass is 32.1. The fraction of sp³-hybridized carbons (Fsp3) is 0. The Hall–Kier alpha value is -5.42. The third kappa shape index (κ3) is 4.46. The summed E-state index contributed by atoms with van der Waals surface area (Å²) in [6.45, 7) is 0. The van der Waals surface area contributed by atoms with Gasteiger partial charge in [0, 0.05) is 58.4 Å². The molecular weight excluding hydrogens is 597 g/mol. The Morgan fingerprint density at radius 1 is 0.413 bits per heavy atom. The van der Waals surface area contributed by atoms with Gasteiger partial charge in [-0.2, -0.15) is 0 Å². The van der Waals surface area contributed by atoms with Crippen LogP contribution in [-0.4, -0.2) is 0 Å². The summed E-state index contributed by atoms with van der Waals surface area (Å²) >= 11 is 3.25. The van der Waals surface area contributed by atoms with Crippen molar-refractivity contribution in [2.75, 3.05) is 9.80 Å². The highest BCUT2D eigenvalue weighted by Crippen LogP contribution is 2.49. The van der Waals surface area contributed by atoms with Crippen molar-refractivity contribution in [3.8, 4) is 0 Å². The molecule has 218 valence electrons. The highest BCUT2D eigenvalue weighted by molar-refractivity contribution is 7.26. The van der Waals surface area contributed by atoms with Gasteiger partial charge in [0.1, 0.15) is 0 Å². The van der Waals surface area contributed by atoms with Crippen LogP contribution in [0.4, 0.5) is 34.1 Å². The molecule has 0 aliphatic heterocycles. The van der Waals surface area contributed by atoms with E-state index in [0.717, 1.165) is 47.3 Å². The van der Waals surface area contributed by atoms with E-state index in [0.29, 0.717) is 0 Å². The molecular formula is C42H28N2S2. The largest absolute Gasteiger partial charge is 0.310 e. The van der Waals surface area contributed by atoms with Gasteiger partial charge in [-0.3, -0.25) is 0 Å². The van der Waals surface area contributed by atoms with Gasteiger partial charge < -0.3 is 9.80 Å². The van der Waals surface area contributed by atoms with Gasteiger partial charge in [0.15, 0.2) is 0 Å². The molecule has 0 N–H and O–H groups in total. The van der Waals surface area contributed by atoms with Crippen LogP contribution in [0.1, 0.15) is 13.7 Å². The van der Waals surface area contributed by atoms with Crippen LogP contribution in [0.2, 0.25) is 0 Å². The zero-order chi connectivity index (χ0) is 39.2. The molecule has 2 heterocycles. The minimum absolute atomic E-state index is 0.262. The third-order valence-electron chi connectivity index (χ3n) is 8.02. The van der Waals surface area contributed by atoms with Gasteiger partial charge in [-0.05, 0) is 72.7 Å². The van der Waals surface area contributed by atoms with Crippen molar-refractivity contribution in [2.24, 2.45) is 0 Å². The number of anilines is 6. The van der Waals surface area contributed by atoms with E-state index in [2.05, 4.69) is 65.6 Å². The van der Waals surface area contributed by atoms with Crippen LogP contribution in [0.5, 0.6) is 0 Å². The van der Waals surface area contributed by atoms with E-state index in [1.54, 1.807) is 23.5 Å². The summed E-state index contributed by atoms with van der Waals surface area (Å²) in [5, 5.41) is 4.21. The molecule has 9 rings (SSSR count). The SMILES string of the molecule is [2H]c1c([2H])c([2H])c(N(c2ccc3c(c2)sc2cccc(N(c4ccccc4)c4cccc5c4sc4ccccc45)c23)c2c([2H])c([2H])c([2H])c([2H])c2[2H])c([2H])c1[2H]. The summed E-state index contributed by atoms with van der Waals surface area (Å²) in [5.41, 5.74) is 2.52. The number of fused-ring (bicyclic) bond motifs is 6. The molecule has 2 nitrogen and oxygen atoms in total. The van der Waals surface area contributed by atoms with Gasteiger partial charge in [-0.1, -0.05) is 96.9 Å². The molecule has 0 saturated heterocycles. The summed E-state index contributed by atoms with van der Waals surface area (Å²) in [6, 6.07) is 30.5. The lowest BCUT2D eigenvalue weighted by atomic mass is 10.1. The predicted molar refractivity (Wildman–Crippen MR) is 202 cm³/mol. The Morgan fingerprint density at radius 3 is 1.85 bits per heavy atom. The van der Waals surface area contributed by atoms with Gasteiger partial charge in [0.05, 0.1) is 29.8 Å². The highest BCUT2D eigenvalue weighted by Gasteiger charge is 2.22. The van der Waals surface area contributed by atoms with E-state index in [1.807, 2.05) is 36.4 Å². The minimum atomic E-state index is -0.611. The molecule has 0 spiro atoms. The summed E-state index contributed by atoms with van der Waals surface area (Å²) in [6.07, 6.45) is 0. The Bertz CT molecular complexity index is 2940. The van der Waals surface area contributed by atoms with E-state index in [9.17, 15) is 0 Å². The standard InChI is InChI=1S/C42H28N2S2/c1-4-14-29(15-5-1)43(30-16-6-2-7-17-30)32-26-27-35-40(28-32)45-39-25-13-22-36(41(35)39)44(31-18-8-3-9-19-31)37-23-12-21-34-33-20-10-11-24-38(33)46-42(34)37/h1-28H/i1D,2D,4D,5D,6D,7D,14D,15D,16D,17D. The monoisotopic (exact) mass is 634 g/mol. The second-order valence-corrected chi connectivity index (χ2v) is 12.8. The molecule has 0 saturated carbocycles. The lowest BCUT2D eigenvalue weighted by Gasteiger charge is -2.27. The quantitative estimate of drug-likeness (QED) is 0.180.